The number of nitrogens with zero attached hydrogens (tertiary/aromatic N) is 2. The van der Waals surface area contributed by atoms with Gasteiger partial charge >= 0.3 is 0 Å². The molecule has 1 aromatic heterocycles. The Morgan fingerprint density at radius 3 is 2.87 bits per heavy atom. The van der Waals surface area contributed by atoms with Crippen molar-refractivity contribution < 1.29 is 9.13 Å². The van der Waals surface area contributed by atoms with Crippen LogP contribution in [-0.2, 0) is 0 Å². The van der Waals surface area contributed by atoms with Crippen molar-refractivity contribution in [3.63, 3.8) is 0 Å². The summed E-state index contributed by atoms with van der Waals surface area (Å²) in [5.74, 6) is 0.600. The number of benzene rings is 1. The Kier molecular flexibility index (Phi) is 2.83. The minimum absolute atomic E-state index is 0.211. The van der Waals surface area contributed by atoms with Gasteiger partial charge in [0.1, 0.15) is 17.4 Å². The van der Waals surface area contributed by atoms with E-state index < -0.39 is 5.82 Å². The Hall–Kier alpha value is -1.20. The van der Waals surface area contributed by atoms with Crippen LogP contribution in [-0.4, -0.2) is 9.36 Å². The fourth-order valence-corrected chi connectivity index (χ4v) is 1.73. The van der Waals surface area contributed by atoms with E-state index in [0.29, 0.717) is 16.8 Å². The molecule has 0 spiro atoms. The molecule has 78 valence electrons. The first kappa shape index (κ1) is 10.3. The Balaban J connectivity index is 2.24. The van der Waals surface area contributed by atoms with Crippen LogP contribution in [0.15, 0.2) is 18.2 Å². The Labute approximate surface area is 94.7 Å². The molecule has 3 nitrogen and oxygen atoms in total. The number of hydrogen-bond donors (Lipinski definition) is 0. The molecule has 0 saturated carbocycles. The van der Waals surface area contributed by atoms with Crippen LogP contribution in [0.4, 0.5) is 4.39 Å². The lowest BCUT2D eigenvalue weighted by Crippen LogP contribution is -1.85. The van der Waals surface area contributed by atoms with Crippen LogP contribution >= 0.6 is 23.1 Å². The number of aromatic nitrogens is 2. The highest BCUT2D eigenvalue weighted by Crippen LogP contribution is 2.30. The van der Waals surface area contributed by atoms with Crippen molar-refractivity contribution in [3.8, 4) is 10.9 Å². The largest absolute Gasteiger partial charge is 0.428 e. The minimum Gasteiger partial charge on any atom is -0.428 e. The maximum Gasteiger partial charge on any atom is 0.298 e. The van der Waals surface area contributed by atoms with E-state index >= 15 is 0 Å². The quantitative estimate of drug-likeness (QED) is 0.812. The van der Waals surface area contributed by atoms with E-state index in [1.165, 1.54) is 18.2 Å². The smallest absolute Gasteiger partial charge is 0.298 e. The van der Waals surface area contributed by atoms with Gasteiger partial charge in [0.15, 0.2) is 0 Å². The monoisotopic (exact) mass is 244 g/mol. The third-order valence-electron chi connectivity index (χ3n) is 1.60. The van der Waals surface area contributed by atoms with Crippen molar-refractivity contribution in [1.82, 2.24) is 9.36 Å². The van der Waals surface area contributed by atoms with Crippen LogP contribution in [0.3, 0.4) is 0 Å². The molecule has 6 heteroatoms. The van der Waals surface area contributed by atoms with Gasteiger partial charge in [-0.3, -0.25) is 0 Å². The van der Waals surface area contributed by atoms with Gasteiger partial charge < -0.3 is 4.74 Å². The first-order valence-corrected chi connectivity index (χ1v) is 5.23. The highest BCUT2D eigenvalue weighted by atomic mass is 35.5. The van der Waals surface area contributed by atoms with Gasteiger partial charge in [-0.2, -0.15) is 9.36 Å². The summed E-state index contributed by atoms with van der Waals surface area (Å²) < 4.78 is 22.0. The van der Waals surface area contributed by atoms with Crippen molar-refractivity contribution in [2.45, 2.75) is 6.92 Å². The highest BCUT2D eigenvalue weighted by Gasteiger charge is 2.07. The molecule has 0 amide bonds. The molecule has 1 heterocycles. The Morgan fingerprint density at radius 1 is 1.47 bits per heavy atom. The van der Waals surface area contributed by atoms with Crippen LogP contribution in [0.1, 0.15) is 5.82 Å². The summed E-state index contributed by atoms with van der Waals surface area (Å²) in [6.07, 6.45) is 0. The fraction of sp³-hybridized carbons (Fsp3) is 0.111. The summed E-state index contributed by atoms with van der Waals surface area (Å²) >= 11 is 6.90. The van der Waals surface area contributed by atoms with Crippen LogP contribution in [0, 0.1) is 12.7 Å². The average Bonchev–Trinajstić information content (AvgIpc) is 2.56. The first-order chi connectivity index (χ1) is 7.15. The van der Waals surface area contributed by atoms with Gasteiger partial charge in [0.2, 0.25) is 0 Å². The van der Waals surface area contributed by atoms with Gasteiger partial charge in [0.05, 0.1) is 5.02 Å². The molecular weight excluding hydrogens is 239 g/mol. The predicted molar refractivity (Wildman–Crippen MR) is 56.1 cm³/mol. The Bertz CT molecular complexity index is 489. The lowest BCUT2D eigenvalue weighted by molar-refractivity contribution is 0.476. The molecule has 0 saturated heterocycles. The zero-order valence-electron chi connectivity index (χ0n) is 7.70. The molecule has 0 aliphatic carbocycles. The van der Waals surface area contributed by atoms with Crippen LogP contribution in [0.25, 0.3) is 0 Å². The lowest BCUT2D eigenvalue weighted by atomic mass is 10.3. The second-order valence-electron chi connectivity index (χ2n) is 2.78. The third-order valence-corrected chi connectivity index (χ3v) is 2.58. The van der Waals surface area contributed by atoms with E-state index in [2.05, 4.69) is 9.36 Å². The minimum atomic E-state index is -0.402. The van der Waals surface area contributed by atoms with E-state index in [4.69, 9.17) is 16.3 Å². The van der Waals surface area contributed by atoms with E-state index in [9.17, 15) is 4.39 Å². The number of ether oxygens (including phenoxy) is 1. The third kappa shape index (κ3) is 2.43. The van der Waals surface area contributed by atoms with Gasteiger partial charge in [-0.05, 0) is 25.1 Å². The predicted octanol–water partition coefficient (Wildman–Crippen LogP) is 3.43. The zero-order chi connectivity index (χ0) is 10.8. The van der Waals surface area contributed by atoms with Crippen molar-refractivity contribution in [3.05, 3.63) is 34.9 Å². The van der Waals surface area contributed by atoms with Gasteiger partial charge in [-0.15, -0.1) is 0 Å². The number of rotatable bonds is 2. The average molecular weight is 245 g/mol. The van der Waals surface area contributed by atoms with E-state index in [0.717, 1.165) is 11.5 Å². The standard InChI is InChI=1S/C9H6ClFN2OS/c1-5-12-9(15-13-5)14-8-3-2-6(11)4-7(8)10/h2-4H,1H3. The SMILES string of the molecule is Cc1nsc(Oc2ccc(F)cc2Cl)n1. The van der Waals surface area contributed by atoms with Gasteiger partial charge in [0, 0.05) is 11.5 Å². The lowest BCUT2D eigenvalue weighted by Gasteiger charge is -2.02. The molecule has 0 N–H and O–H groups in total. The summed E-state index contributed by atoms with van der Waals surface area (Å²) in [7, 11) is 0. The van der Waals surface area contributed by atoms with E-state index in [1.54, 1.807) is 6.92 Å². The molecule has 2 aromatic rings. The number of hydrogen-bond acceptors (Lipinski definition) is 4. The Morgan fingerprint density at radius 2 is 2.27 bits per heavy atom. The second-order valence-corrected chi connectivity index (χ2v) is 3.91. The number of halogens is 2. The van der Waals surface area contributed by atoms with Crippen molar-refractivity contribution in [2.75, 3.05) is 0 Å². The molecule has 0 aliphatic rings. The number of aryl methyl sites for hydroxylation is 1. The molecule has 0 radical (unpaired) electrons. The summed E-state index contributed by atoms with van der Waals surface area (Å²) in [5, 5.41) is 0.601. The molecule has 0 bridgehead atoms. The summed E-state index contributed by atoms with van der Waals surface area (Å²) in [6, 6.07) is 3.91. The summed E-state index contributed by atoms with van der Waals surface area (Å²) in [6.45, 7) is 1.76. The summed E-state index contributed by atoms with van der Waals surface area (Å²) in [4.78, 5) is 4.00. The molecule has 0 aliphatic heterocycles. The van der Waals surface area contributed by atoms with Crippen LogP contribution in [0.5, 0.6) is 10.9 Å². The van der Waals surface area contributed by atoms with E-state index in [1.807, 2.05) is 0 Å². The molecule has 0 atom stereocenters. The van der Waals surface area contributed by atoms with Crippen molar-refractivity contribution in [1.29, 1.82) is 0 Å². The molecule has 1 aromatic carbocycles. The van der Waals surface area contributed by atoms with Gasteiger partial charge in [-0.25, -0.2) is 4.39 Å². The highest BCUT2D eigenvalue weighted by molar-refractivity contribution is 7.07. The molecule has 2 rings (SSSR count). The molecular formula is C9H6ClFN2OS. The van der Waals surface area contributed by atoms with E-state index in [-0.39, 0.29) is 5.02 Å². The molecule has 0 unspecified atom stereocenters. The summed E-state index contributed by atoms with van der Waals surface area (Å²) in [5.41, 5.74) is 0. The van der Waals surface area contributed by atoms with Crippen molar-refractivity contribution in [2.24, 2.45) is 0 Å². The first-order valence-electron chi connectivity index (χ1n) is 4.08. The second kappa shape index (κ2) is 4.12. The molecule has 15 heavy (non-hydrogen) atoms. The maximum absolute atomic E-state index is 12.7. The zero-order valence-corrected chi connectivity index (χ0v) is 9.27. The van der Waals surface area contributed by atoms with Crippen LogP contribution < -0.4 is 4.74 Å². The molecule has 0 fully saturated rings. The normalized spacial score (nSPS) is 10.3. The maximum atomic E-state index is 12.7. The van der Waals surface area contributed by atoms with Gasteiger partial charge in [0.25, 0.3) is 5.19 Å². The topological polar surface area (TPSA) is 35.0 Å². The van der Waals surface area contributed by atoms with Crippen molar-refractivity contribution >= 4 is 23.1 Å². The fourth-order valence-electron chi connectivity index (χ4n) is 0.972. The van der Waals surface area contributed by atoms with Crippen LogP contribution in [0.2, 0.25) is 5.02 Å². The van der Waals surface area contributed by atoms with Gasteiger partial charge in [-0.1, -0.05) is 11.6 Å².